The Morgan fingerprint density at radius 1 is 1.00 bits per heavy atom. The highest BCUT2D eigenvalue weighted by Gasteiger charge is 2.24. The molecule has 0 fully saturated rings. The van der Waals surface area contributed by atoms with Crippen LogP contribution in [0.5, 0.6) is 0 Å². The summed E-state index contributed by atoms with van der Waals surface area (Å²) in [4.78, 5) is 20.2. The van der Waals surface area contributed by atoms with Crippen molar-refractivity contribution in [1.29, 1.82) is 0 Å². The van der Waals surface area contributed by atoms with Crippen molar-refractivity contribution in [3.8, 4) is 0 Å². The number of aromatic nitrogens is 2. The number of nitrogens with one attached hydrogen (secondary N) is 3. The van der Waals surface area contributed by atoms with Gasteiger partial charge in [-0.1, -0.05) is 43.3 Å². The highest BCUT2D eigenvalue weighted by Crippen LogP contribution is 2.14. The summed E-state index contributed by atoms with van der Waals surface area (Å²) in [5, 5.41) is 16.9. The lowest BCUT2D eigenvalue weighted by molar-refractivity contribution is 0.0821. The molecule has 0 unspecified atom stereocenters. The maximum atomic E-state index is 13.8. The fourth-order valence-corrected chi connectivity index (χ4v) is 4.03. The number of benzene rings is 3. The van der Waals surface area contributed by atoms with E-state index >= 15 is 0 Å². The van der Waals surface area contributed by atoms with Crippen LogP contribution in [0.25, 0.3) is 11.0 Å². The average Bonchev–Trinajstić information content (AvgIpc) is 3.28. The molecule has 0 aliphatic carbocycles. The van der Waals surface area contributed by atoms with Gasteiger partial charge in [0, 0.05) is 19.2 Å². The van der Waals surface area contributed by atoms with E-state index in [1.807, 2.05) is 24.3 Å². The first kappa shape index (κ1) is 24.5. The highest BCUT2D eigenvalue weighted by atomic mass is 19.1. The second kappa shape index (κ2) is 11.2. The van der Waals surface area contributed by atoms with Gasteiger partial charge in [-0.3, -0.25) is 4.79 Å². The second-order valence-corrected chi connectivity index (χ2v) is 8.54. The number of carbonyl (C=O) groups excluding carboxylic acids is 1. The summed E-state index contributed by atoms with van der Waals surface area (Å²) in [6.45, 7) is 2.78. The zero-order valence-corrected chi connectivity index (χ0v) is 19.4. The second-order valence-electron chi connectivity index (χ2n) is 8.54. The van der Waals surface area contributed by atoms with Crippen LogP contribution in [-0.2, 0) is 19.4 Å². The van der Waals surface area contributed by atoms with Crippen LogP contribution in [-0.4, -0.2) is 39.7 Å². The molecule has 0 spiro atoms. The van der Waals surface area contributed by atoms with Gasteiger partial charge in [0.15, 0.2) is 5.82 Å². The number of nitrogens with zero attached hydrogens (tertiary/aromatic N) is 1. The molecule has 3 aromatic carbocycles. The molecule has 0 bridgehead atoms. The fraction of sp³-hybridized carbons (Fsp3) is 0.259. The Kier molecular flexibility index (Phi) is 7.84. The molecule has 4 aromatic rings. The molecule has 0 saturated heterocycles. The minimum atomic E-state index is -1.02. The monoisotopic (exact) mass is 478 g/mol. The average molecular weight is 479 g/mol. The molecule has 1 heterocycles. The van der Waals surface area contributed by atoms with E-state index in [1.54, 1.807) is 12.1 Å². The first-order chi connectivity index (χ1) is 16.9. The van der Waals surface area contributed by atoms with Crippen molar-refractivity contribution in [2.45, 2.75) is 38.5 Å². The van der Waals surface area contributed by atoms with E-state index in [0.29, 0.717) is 23.1 Å². The summed E-state index contributed by atoms with van der Waals surface area (Å²) in [5.74, 6) is -1.85. The van der Waals surface area contributed by atoms with E-state index in [2.05, 4.69) is 39.7 Å². The summed E-state index contributed by atoms with van der Waals surface area (Å²) in [6.07, 6.45) is -0.0604. The first-order valence-electron chi connectivity index (χ1n) is 11.6. The van der Waals surface area contributed by atoms with E-state index in [1.165, 1.54) is 17.7 Å². The van der Waals surface area contributed by atoms with Crippen molar-refractivity contribution < 1.29 is 18.7 Å². The Morgan fingerprint density at radius 2 is 1.74 bits per heavy atom. The van der Waals surface area contributed by atoms with Gasteiger partial charge in [0.25, 0.3) is 5.91 Å². The normalized spacial score (nSPS) is 13.0. The molecule has 8 heteroatoms. The number of rotatable bonds is 10. The van der Waals surface area contributed by atoms with Gasteiger partial charge >= 0.3 is 0 Å². The number of hydrogen-bond acceptors (Lipinski definition) is 4. The van der Waals surface area contributed by atoms with E-state index < -0.39 is 29.7 Å². The molecule has 2 atom stereocenters. The van der Waals surface area contributed by atoms with Gasteiger partial charge in [-0.2, -0.15) is 0 Å². The molecule has 1 amide bonds. The number of aromatic amines is 1. The Labute approximate surface area is 202 Å². The van der Waals surface area contributed by atoms with Crippen molar-refractivity contribution in [1.82, 2.24) is 20.6 Å². The smallest absolute Gasteiger partial charge is 0.287 e. The summed E-state index contributed by atoms with van der Waals surface area (Å²) >= 11 is 0. The van der Waals surface area contributed by atoms with Gasteiger partial charge in [0.2, 0.25) is 0 Å². The molecule has 4 rings (SSSR count). The van der Waals surface area contributed by atoms with Crippen LogP contribution in [0.3, 0.4) is 0 Å². The Bertz CT molecular complexity index is 1250. The number of H-pyrrole nitrogens is 1. The predicted molar refractivity (Wildman–Crippen MR) is 131 cm³/mol. The maximum Gasteiger partial charge on any atom is 0.287 e. The summed E-state index contributed by atoms with van der Waals surface area (Å²) in [6, 6.07) is 17.7. The van der Waals surface area contributed by atoms with Gasteiger partial charge in [0.1, 0.15) is 11.6 Å². The van der Waals surface area contributed by atoms with Crippen LogP contribution in [0.1, 0.15) is 34.2 Å². The van der Waals surface area contributed by atoms with Crippen molar-refractivity contribution in [3.05, 3.63) is 101 Å². The predicted octanol–water partition coefficient (Wildman–Crippen LogP) is 3.90. The Hall–Kier alpha value is -3.62. The minimum Gasteiger partial charge on any atom is -0.390 e. The van der Waals surface area contributed by atoms with Crippen LogP contribution in [0, 0.1) is 11.6 Å². The first-order valence-corrected chi connectivity index (χ1v) is 11.6. The number of aliphatic hydroxyl groups is 1. The van der Waals surface area contributed by atoms with Crippen LogP contribution in [0.2, 0.25) is 0 Å². The van der Waals surface area contributed by atoms with E-state index in [9.17, 15) is 18.7 Å². The number of amides is 1. The third kappa shape index (κ3) is 6.49. The van der Waals surface area contributed by atoms with E-state index in [0.717, 1.165) is 18.1 Å². The van der Waals surface area contributed by atoms with Gasteiger partial charge in [0.05, 0.1) is 23.2 Å². The number of aliphatic hydroxyl groups excluding tert-OH is 1. The number of aryl methyl sites for hydroxylation is 1. The largest absolute Gasteiger partial charge is 0.390 e. The molecule has 0 aliphatic heterocycles. The van der Waals surface area contributed by atoms with Gasteiger partial charge in [-0.15, -0.1) is 0 Å². The van der Waals surface area contributed by atoms with Crippen molar-refractivity contribution in [2.75, 3.05) is 6.54 Å². The van der Waals surface area contributed by atoms with Crippen LogP contribution < -0.4 is 10.6 Å². The Morgan fingerprint density at radius 3 is 2.49 bits per heavy atom. The number of para-hydroxylation sites is 2. The number of hydrogen-bond donors (Lipinski definition) is 4. The molecular weight excluding hydrogens is 450 g/mol. The molecule has 0 saturated carbocycles. The SMILES string of the molecule is CCc1cccc(CNC[C@@H](O)[C@H](Cc2cc(F)cc(F)c2)NC(=O)c2nc3ccccc3[nH]2)c1. The third-order valence-corrected chi connectivity index (χ3v) is 5.85. The lowest BCUT2D eigenvalue weighted by Crippen LogP contribution is -2.49. The van der Waals surface area contributed by atoms with Gasteiger partial charge in [-0.25, -0.2) is 13.8 Å². The summed E-state index contributed by atoms with van der Waals surface area (Å²) in [5.41, 5.74) is 3.96. The molecule has 1 aromatic heterocycles. The Balaban J connectivity index is 1.47. The van der Waals surface area contributed by atoms with Gasteiger partial charge in [-0.05, 0) is 53.8 Å². The number of carbonyl (C=O) groups is 1. The quantitative estimate of drug-likeness (QED) is 0.278. The standard InChI is InChI=1S/C27H28F2N4O2/c1-2-17-6-5-7-18(10-17)15-30-16-25(34)24(13-19-11-20(28)14-21(29)12-19)33-27(35)26-31-22-8-3-4-9-23(22)32-26/h3-12,14,24-25,30,34H,2,13,15-16H2,1H3,(H,31,32)(H,33,35)/t24-,25+/m0/s1. The van der Waals surface area contributed by atoms with Crippen LogP contribution in [0.15, 0.2) is 66.7 Å². The van der Waals surface area contributed by atoms with Crippen molar-refractivity contribution >= 4 is 16.9 Å². The zero-order valence-electron chi connectivity index (χ0n) is 19.4. The van der Waals surface area contributed by atoms with Gasteiger partial charge < -0.3 is 20.7 Å². The lowest BCUT2D eigenvalue weighted by Gasteiger charge is -2.24. The summed E-state index contributed by atoms with van der Waals surface area (Å²) in [7, 11) is 0. The highest BCUT2D eigenvalue weighted by molar-refractivity contribution is 5.94. The molecule has 0 radical (unpaired) electrons. The summed E-state index contributed by atoms with van der Waals surface area (Å²) < 4.78 is 27.5. The van der Waals surface area contributed by atoms with Crippen molar-refractivity contribution in [2.24, 2.45) is 0 Å². The number of imidazole rings is 1. The van der Waals surface area contributed by atoms with Crippen LogP contribution in [0.4, 0.5) is 8.78 Å². The van der Waals surface area contributed by atoms with Crippen molar-refractivity contribution in [3.63, 3.8) is 0 Å². The topological polar surface area (TPSA) is 90.0 Å². The number of halogens is 2. The third-order valence-electron chi connectivity index (χ3n) is 5.85. The molecule has 35 heavy (non-hydrogen) atoms. The molecular formula is C27H28F2N4O2. The van der Waals surface area contributed by atoms with E-state index in [-0.39, 0.29) is 18.8 Å². The van der Waals surface area contributed by atoms with Crippen LogP contribution >= 0.6 is 0 Å². The minimum absolute atomic E-state index is 0.0365. The zero-order chi connectivity index (χ0) is 24.8. The number of fused-ring (bicyclic) bond motifs is 1. The van der Waals surface area contributed by atoms with E-state index in [4.69, 9.17) is 0 Å². The molecule has 6 nitrogen and oxygen atoms in total. The maximum absolute atomic E-state index is 13.8. The fourth-order valence-electron chi connectivity index (χ4n) is 4.03. The lowest BCUT2D eigenvalue weighted by atomic mass is 10.0. The molecule has 182 valence electrons. The molecule has 4 N–H and O–H groups in total. The molecule has 0 aliphatic rings.